The van der Waals surface area contributed by atoms with Crippen molar-refractivity contribution < 1.29 is 22.8 Å². The van der Waals surface area contributed by atoms with Crippen molar-refractivity contribution in [2.75, 3.05) is 6.54 Å². The number of benzene rings is 1. The maximum absolute atomic E-state index is 12.4. The smallest absolute Gasteiger partial charge is 0.350 e. The molecule has 0 aliphatic rings. The third kappa shape index (κ3) is 5.45. The lowest BCUT2D eigenvalue weighted by Crippen LogP contribution is -2.39. The molecule has 7 heteroatoms. The van der Waals surface area contributed by atoms with E-state index in [9.17, 15) is 22.8 Å². The van der Waals surface area contributed by atoms with E-state index < -0.39 is 11.7 Å². The summed E-state index contributed by atoms with van der Waals surface area (Å²) in [7, 11) is 0. The molecular formula is C14H17F3N2O2. The molecule has 0 spiro atoms. The molecule has 0 aromatic heterocycles. The number of alkyl halides is 3. The van der Waals surface area contributed by atoms with Gasteiger partial charge in [-0.15, -0.1) is 0 Å². The van der Waals surface area contributed by atoms with Gasteiger partial charge in [0, 0.05) is 12.6 Å². The van der Waals surface area contributed by atoms with Crippen LogP contribution >= 0.6 is 0 Å². The minimum absolute atomic E-state index is 0.0815. The Kier molecular flexibility index (Phi) is 5.75. The van der Waals surface area contributed by atoms with Gasteiger partial charge < -0.3 is 10.2 Å². The number of nitrogens with zero attached hydrogens (tertiary/aromatic N) is 1. The molecule has 0 radical (unpaired) electrons. The molecule has 0 unspecified atom stereocenters. The Bertz CT molecular complexity index is 484. The average molecular weight is 302 g/mol. The summed E-state index contributed by atoms with van der Waals surface area (Å²) in [6.07, 6.45) is -3.79. The van der Waals surface area contributed by atoms with Gasteiger partial charge in [-0.25, -0.2) is 0 Å². The highest BCUT2D eigenvalue weighted by Crippen LogP contribution is 2.28. The number of carbonyl (C=O) groups excluding carboxylic acids is 2. The molecule has 0 bridgehead atoms. The van der Waals surface area contributed by atoms with Crippen LogP contribution < -0.4 is 5.32 Å². The van der Waals surface area contributed by atoms with Gasteiger partial charge in [0.1, 0.15) is 0 Å². The summed E-state index contributed by atoms with van der Waals surface area (Å²) in [6.45, 7) is 3.58. The first kappa shape index (κ1) is 17.0. The van der Waals surface area contributed by atoms with E-state index in [0.717, 1.165) is 12.1 Å². The molecule has 0 fully saturated rings. The summed E-state index contributed by atoms with van der Waals surface area (Å²) in [5.74, 6) is -0.365. The number of rotatable bonds is 6. The summed E-state index contributed by atoms with van der Waals surface area (Å²) in [4.78, 5) is 23.7. The van der Waals surface area contributed by atoms with Crippen LogP contribution in [0.2, 0.25) is 0 Å². The first-order valence-corrected chi connectivity index (χ1v) is 6.38. The standard InChI is InChI=1S/C14H17F3N2O2/c1-10(2)19(9-20)8-13(21)18-7-11-3-5-12(6-4-11)14(15,16)17/h3-6,9-10H,7-8H2,1-2H3,(H,18,21). The molecule has 0 aliphatic carbocycles. The molecule has 1 rings (SSSR count). The minimum Gasteiger partial charge on any atom is -0.350 e. The van der Waals surface area contributed by atoms with Crippen LogP contribution in [0.4, 0.5) is 13.2 Å². The number of nitrogens with one attached hydrogen (secondary N) is 1. The monoisotopic (exact) mass is 302 g/mol. The maximum atomic E-state index is 12.4. The molecule has 4 nitrogen and oxygen atoms in total. The SMILES string of the molecule is CC(C)N(C=O)CC(=O)NCc1ccc(C(F)(F)F)cc1. The lowest BCUT2D eigenvalue weighted by molar-refractivity contribution is -0.137. The van der Waals surface area contributed by atoms with Gasteiger partial charge in [0.2, 0.25) is 12.3 Å². The molecule has 1 aromatic carbocycles. The number of halogens is 3. The molecular weight excluding hydrogens is 285 g/mol. The highest BCUT2D eigenvalue weighted by atomic mass is 19.4. The van der Waals surface area contributed by atoms with Crippen molar-refractivity contribution in [3.63, 3.8) is 0 Å². The van der Waals surface area contributed by atoms with Crippen LogP contribution in [0.25, 0.3) is 0 Å². The van der Waals surface area contributed by atoms with Gasteiger partial charge in [-0.3, -0.25) is 9.59 Å². The highest BCUT2D eigenvalue weighted by molar-refractivity contribution is 5.79. The van der Waals surface area contributed by atoms with Crippen molar-refractivity contribution in [2.24, 2.45) is 0 Å². The highest BCUT2D eigenvalue weighted by Gasteiger charge is 2.29. The summed E-state index contributed by atoms with van der Waals surface area (Å²) < 4.78 is 37.2. The quantitative estimate of drug-likeness (QED) is 0.819. The zero-order chi connectivity index (χ0) is 16.0. The molecule has 2 amide bonds. The van der Waals surface area contributed by atoms with Crippen molar-refractivity contribution in [3.05, 3.63) is 35.4 Å². The van der Waals surface area contributed by atoms with Crippen LogP contribution in [0.3, 0.4) is 0 Å². The van der Waals surface area contributed by atoms with E-state index in [4.69, 9.17) is 0 Å². The van der Waals surface area contributed by atoms with Gasteiger partial charge in [-0.2, -0.15) is 13.2 Å². The molecule has 0 heterocycles. The molecule has 1 N–H and O–H groups in total. The fraction of sp³-hybridized carbons (Fsp3) is 0.429. The van der Waals surface area contributed by atoms with Crippen LogP contribution in [0.1, 0.15) is 25.0 Å². The van der Waals surface area contributed by atoms with Crippen LogP contribution in [-0.2, 0) is 22.3 Å². The largest absolute Gasteiger partial charge is 0.416 e. The van der Waals surface area contributed by atoms with Gasteiger partial charge in [0.05, 0.1) is 12.1 Å². The van der Waals surface area contributed by atoms with E-state index in [2.05, 4.69) is 5.32 Å². The summed E-state index contributed by atoms with van der Waals surface area (Å²) in [5, 5.41) is 2.56. The Morgan fingerprint density at radius 1 is 1.29 bits per heavy atom. The van der Waals surface area contributed by atoms with E-state index in [-0.39, 0.29) is 25.0 Å². The lowest BCUT2D eigenvalue weighted by atomic mass is 10.1. The van der Waals surface area contributed by atoms with Gasteiger partial charge in [-0.05, 0) is 31.5 Å². The predicted octanol–water partition coefficient (Wildman–Crippen LogP) is 2.19. The van der Waals surface area contributed by atoms with Gasteiger partial charge in [0.15, 0.2) is 0 Å². The van der Waals surface area contributed by atoms with E-state index in [0.29, 0.717) is 12.0 Å². The zero-order valence-electron chi connectivity index (χ0n) is 11.8. The second-order valence-electron chi connectivity index (χ2n) is 4.84. The fourth-order valence-corrected chi connectivity index (χ4v) is 1.58. The van der Waals surface area contributed by atoms with Gasteiger partial charge >= 0.3 is 6.18 Å². The van der Waals surface area contributed by atoms with Crippen molar-refractivity contribution in [2.45, 2.75) is 32.6 Å². The van der Waals surface area contributed by atoms with Crippen molar-refractivity contribution in [1.82, 2.24) is 10.2 Å². The van der Waals surface area contributed by atoms with Crippen molar-refractivity contribution in [1.29, 1.82) is 0 Å². The van der Waals surface area contributed by atoms with Crippen LogP contribution in [0.15, 0.2) is 24.3 Å². The Labute approximate surface area is 120 Å². The first-order valence-electron chi connectivity index (χ1n) is 6.38. The Morgan fingerprint density at radius 2 is 1.86 bits per heavy atom. The Hall–Kier alpha value is -2.05. The molecule has 0 saturated heterocycles. The van der Waals surface area contributed by atoms with Crippen LogP contribution in [-0.4, -0.2) is 29.8 Å². The van der Waals surface area contributed by atoms with E-state index in [1.165, 1.54) is 17.0 Å². The summed E-state index contributed by atoms with van der Waals surface area (Å²) >= 11 is 0. The average Bonchev–Trinajstić information content (AvgIpc) is 2.41. The Balaban J connectivity index is 2.52. The van der Waals surface area contributed by atoms with Crippen LogP contribution in [0, 0.1) is 0 Å². The lowest BCUT2D eigenvalue weighted by Gasteiger charge is -2.20. The third-order valence-corrected chi connectivity index (χ3v) is 2.90. The van der Waals surface area contributed by atoms with E-state index in [1.807, 2.05) is 0 Å². The van der Waals surface area contributed by atoms with E-state index in [1.54, 1.807) is 13.8 Å². The van der Waals surface area contributed by atoms with E-state index >= 15 is 0 Å². The maximum Gasteiger partial charge on any atom is 0.416 e. The summed E-state index contributed by atoms with van der Waals surface area (Å²) in [5.41, 5.74) is -0.178. The minimum atomic E-state index is -4.37. The van der Waals surface area contributed by atoms with Crippen molar-refractivity contribution in [3.8, 4) is 0 Å². The number of hydrogen-bond donors (Lipinski definition) is 1. The number of hydrogen-bond acceptors (Lipinski definition) is 2. The van der Waals surface area contributed by atoms with Crippen LogP contribution in [0.5, 0.6) is 0 Å². The molecule has 0 atom stereocenters. The second kappa shape index (κ2) is 7.10. The zero-order valence-corrected chi connectivity index (χ0v) is 11.8. The molecule has 0 aliphatic heterocycles. The van der Waals surface area contributed by atoms with Crippen molar-refractivity contribution >= 4 is 12.3 Å². The summed E-state index contributed by atoms with van der Waals surface area (Å²) in [6, 6.07) is 4.45. The fourth-order valence-electron chi connectivity index (χ4n) is 1.58. The molecule has 116 valence electrons. The normalized spacial score (nSPS) is 11.3. The number of amides is 2. The molecule has 21 heavy (non-hydrogen) atoms. The number of carbonyl (C=O) groups is 2. The molecule has 1 aromatic rings. The third-order valence-electron chi connectivity index (χ3n) is 2.90. The predicted molar refractivity (Wildman–Crippen MR) is 71.2 cm³/mol. The first-order chi connectivity index (χ1) is 9.74. The second-order valence-corrected chi connectivity index (χ2v) is 4.84. The van der Waals surface area contributed by atoms with Gasteiger partial charge in [0.25, 0.3) is 0 Å². The van der Waals surface area contributed by atoms with Gasteiger partial charge in [-0.1, -0.05) is 12.1 Å². The topological polar surface area (TPSA) is 49.4 Å². The molecule has 0 saturated carbocycles. The Morgan fingerprint density at radius 3 is 2.29 bits per heavy atom.